The summed E-state index contributed by atoms with van der Waals surface area (Å²) in [6, 6.07) is 17.2. The number of pyridine rings is 1. The molecule has 9 nitrogen and oxygen atoms in total. The van der Waals surface area contributed by atoms with E-state index in [0.29, 0.717) is 11.3 Å². The van der Waals surface area contributed by atoms with E-state index in [0.717, 1.165) is 30.5 Å². The monoisotopic (exact) mass is 431 g/mol. The third-order valence-electron chi connectivity index (χ3n) is 5.01. The van der Waals surface area contributed by atoms with Crippen LogP contribution in [-0.2, 0) is 0 Å². The second-order valence-corrected chi connectivity index (χ2v) is 7.22. The van der Waals surface area contributed by atoms with Gasteiger partial charge < -0.3 is 9.64 Å². The molecule has 9 heteroatoms. The molecule has 4 rings (SSSR count). The molecular formula is C23H21N5O4. The van der Waals surface area contributed by atoms with Crippen LogP contribution in [0.4, 0.5) is 11.4 Å². The first kappa shape index (κ1) is 21.0. The molecular weight excluding hydrogens is 410 g/mol. The van der Waals surface area contributed by atoms with Crippen molar-refractivity contribution in [2.75, 3.05) is 18.0 Å². The predicted octanol–water partition coefficient (Wildman–Crippen LogP) is 4.15. The highest BCUT2D eigenvalue weighted by Gasteiger charge is 2.13. The van der Waals surface area contributed by atoms with Gasteiger partial charge in [-0.05, 0) is 66.9 Å². The van der Waals surface area contributed by atoms with Gasteiger partial charge in [0, 0.05) is 36.5 Å². The lowest BCUT2D eigenvalue weighted by molar-refractivity contribution is -0.385. The van der Waals surface area contributed by atoms with Crippen molar-refractivity contribution in [1.82, 2.24) is 10.4 Å². The minimum absolute atomic E-state index is 0.103. The Kier molecular flexibility index (Phi) is 6.35. The van der Waals surface area contributed by atoms with Crippen molar-refractivity contribution in [2.45, 2.75) is 12.8 Å². The molecule has 0 radical (unpaired) electrons. The van der Waals surface area contributed by atoms with E-state index in [9.17, 15) is 14.9 Å². The Morgan fingerprint density at radius 1 is 1.06 bits per heavy atom. The Morgan fingerprint density at radius 3 is 2.41 bits per heavy atom. The van der Waals surface area contributed by atoms with Crippen LogP contribution in [0.2, 0.25) is 0 Å². The fourth-order valence-electron chi connectivity index (χ4n) is 3.31. The van der Waals surface area contributed by atoms with E-state index in [1.54, 1.807) is 36.4 Å². The molecule has 1 saturated heterocycles. The van der Waals surface area contributed by atoms with Crippen LogP contribution in [0.3, 0.4) is 0 Å². The number of hydrazone groups is 1. The summed E-state index contributed by atoms with van der Waals surface area (Å²) < 4.78 is 5.56. The first-order chi connectivity index (χ1) is 15.6. The maximum atomic E-state index is 12.3. The van der Waals surface area contributed by atoms with Gasteiger partial charge in [-0.1, -0.05) is 0 Å². The molecule has 0 spiro atoms. The lowest BCUT2D eigenvalue weighted by Gasteiger charge is -2.17. The van der Waals surface area contributed by atoms with Gasteiger partial charge in [0.2, 0.25) is 5.88 Å². The summed E-state index contributed by atoms with van der Waals surface area (Å²) in [7, 11) is 0. The fourth-order valence-corrected chi connectivity index (χ4v) is 3.31. The number of rotatable bonds is 7. The van der Waals surface area contributed by atoms with Crippen LogP contribution < -0.4 is 15.1 Å². The van der Waals surface area contributed by atoms with Gasteiger partial charge >= 0.3 is 0 Å². The van der Waals surface area contributed by atoms with Crippen LogP contribution in [0, 0.1) is 10.1 Å². The number of amides is 1. The van der Waals surface area contributed by atoms with E-state index in [2.05, 4.69) is 20.4 Å². The number of nitrogens with one attached hydrogen (secondary N) is 1. The smallest absolute Gasteiger partial charge is 0.287 e. The highest BCUT2D eigenvalue weighted by Crippen LogP contribution is 2.22. The molecule has 0 saturated carbocycles. The molecule has 1 aliphatic rings. The lowest BCUT2D eigenvalue weighted by atomic mass is 10.2. The second kappa shape index (κ2) is 9.69. The summed E-state index contributed by atoms with van der Waals surface area (Å²) in [6.07, 6.45) is 5.08. The number of anilines is 1. The number of benzene rings is 2. The van der Waals surface area contributed by atoms with Crippen LogP contribution in [0.25, 0.3) is 0 Å². The molecule has 1 fully saturated rings. The van der Waals surface area contributed by atoms with Gasteiger partial charge in [-0.2, -0.15) is 5.10 Å². The van der Waals surface area contributed by atoms with E-state index in [1.165, 1.54) is 31.2 Å². The fraction of sp³-hybridized carbons (Fsp3) is 0.174. The van der Waals surface area contributed by atoms with Crippen molar-refractivity contribution in [2.24, 2.45) is 5.10 Å². The summed E-state index contributed by atoms with van der Waals surface area (Å²) in [5, 5.41) is 14.7. The van der Waals surface area contributed by atoms with Crippen molar-refractivity contribution < 1.29 is 14.5 Å². The minimum atomic E-state index is -0.521. The van der Waals surface area contributed by atoms with Crippen molar-refractivity contribution >= 4 is 23.5 Å². The first-order valence-electron chi connectivity index (χ1n) is 10.2. The third-order valence-corrected chi connectivity index (χ3v) is 5.01. The molecule has 1 N–H and O–H groups in total. The lowest BCUT2D eigenvalue weighted by Crippen LogP contribution is -2.19. The van der Waals surface area contributed by atoms with Crippen molar-refractivity contribution in [3.05, 3.63) is 88.1 Å². The Morgan fingerprint density at radius 2 is 1.78 bits per heavy atom. The van der Waals surface area contributed by atoms with Gasteiger partial charge in [-0.25, -0.2) is 10.4 Å². The molecule has 32 heavy (non-hydrogen) atoms. The molecule has 2 aromatic carbocycles. The van der Waals surface area contributed by atoms with Gasteiger partial charge in [0.05, 0.1) is 11.1 Å². The summed E-state index contributed by atoms with van der Waals surface area (Å²) in [5.74, 6) is 0.490. The Hall–Kier alpha value is -4.27. The molecule has 0 aliphatic carbocycles. The van der Waals surface area contributed by atoms with E-state index in [4.69, 9.17) is 4.74 Å². The van der Waals surface area contributed by atoms with Crippen LogP contribution in [0.15, 0.2) is 72.0 Å². The Labute approximate surface area is 184 Å². The number of ether oxygens (including phenoxy) is 1. The largest absolute Gasteiger partial charge is 0.439 e. The highest BCUT2D eigenvalue weighted by atomic mass is 16.6. The highest BCUT2D eigenvalue weighted by molar-refractivity contribution is 5.95. The number of nitrogens with zero attached hydrogens (tertiary/aromatic N) is 4. The van der Waals surface area contributed by atoms with Crippen LogP contribution in [0.5, 0.6) is 11.6 Å². The molecule has 0 atom stereocenters. The maximum absolute atomic E-state index is 12.3. The van der Waals surface area contributed by atoms with Gasteiger partial charge in [-0.15, -0.1) is 0 Å². The zero-order valence-electron chi connectivity index (χ0n) is 17.2. The molecule has 162 valence electrons. The quantitative estimate of drug-likeness (QED) is 0.342. The van der Waals surface area contributed by atoms with Crippen LogP contribution in [-0.4, -0.2) is 35.1 Å². The standard InChI is InChI=1S/C23H21N5O4/c29-23(18-5-7-19(8-6-18)27-13-1-2-14-27)26-25-15-17-3-10-21(11-4-17)32-22-12-9-20(16-24-22)28(30)31/h3-12,15-16H,1-2,13-14H2,(H,26,29)/b25-15-. The molecule has 1 amide bonds. The molecule has 2 heterocycles. The molecule has 0 bridgehead atoms. The van der Waals surface area contributed by atoms with E-state index < -0.39 is 4.92 Å². The number of hydrogen-bond acceptors (Lipinski definition) is 7. The van der Waals surface area contributed by atoms with Crippen LogP contribution in [0.1, 0.15) is 28.8 Å². The van der Waals surface area contributed by atoms with Crippen molar-refractivity contribution in [3.63, 3.8) is 0 Å². The Balaban J connectivity index is 1.29. The first-order valence-corrected chi connectivity index (χ1v) is 10.2. The number of aromatic nitrogens is 1. The Bertz CT molecular complexity index is 1110. The van der Waals surface area contributed by atoms with Crippen LogP contribution >= 0.6 is 0 Å². The maximum Gasteiger partial charge on any atom is 0.287 e. The van der Waals surface area contributed by atoms with E-state index in [1.807, 2.05) is 12.1 Å². The van der Waals surface area contributed by atoms with Gasteiger partial charge in [0.15, 0.2) is 0 Å². The average Bonchev–Trinajstić information content (AvgIpc) is 3.36. The minimum Gasteiger partial charge on any atom is -0.439 e. The molecule has 1 aromatic heterocycles. The van der Waals surface area contributed by atoms with Crippen molar-refractivity contribution in [1.29, 1.82) is 0 Å². The summed E-state index contributed by atoms with van der Waals surface area (Å²) in [5.41, 5.74) is 4.86. The zero-order valence-corrected chi connectivity index (χ0v) is 17.2. The number of hydrogen-bond donors (Lipinski definition) is 1. The van der Waals surface area contributed by atoms with Crippen molar-refractivity contribution in [3.8, 4) is 11.6 Å². The third kappa shape index (κ3) is 5.25. The van der Waals surface area contributed by atoms with Gasteiger partial charge in [-0.3, -0.25) is 14.9 Å². The topological polar surface area (TPSA) is 110 Å². The number of carbonyl (C=O) groups excluding carboxylic acids is 1. The molecule has 0 unspecified atom stereocenters. The average molecular weight is 431 g/mol. The number of nitro groups is 1. The van der Waals surface area contributed by atoms with E-state index >= 15 is 0 Å². The molecule has 3 aromatic rings. The normalized spacial score (nSPS) is 13.3. The summed E-state index contributed by atoms with van der Waals surface area (Å²) >= 11 is 0. The van der Waals surface area contributed by atoms with Gasteiger partial charge in [0.25, 0.3) is 11.6 Å². The van der Waals surface area contributed by atoms with Gasteiger partial charge in [0.1, 0.15) is 11.9 Å². The zero-order chi connectivity index (χ0) is 22.3. The second-order valence-electron chi connectivity index (χ2n) is 7.22. The summed E-state index contributed by atoms with van der Waals surface area (Å²) in [4.78, 5) is 28.6. The number of carbonyl (C=O) groups is 1. The molecule has 1 aliphatic heterocycles. The summed E-state index contributed by atoms with van der Waals surface area (Å²) in [6.45, 7) is 2.12. The SMILES string of the molecule is O=C(N/N=C\c1ccc(Oc2ccc([N+](=O)[O-])cn2)cc1)c1ccc(N2CCCC2)cc1. The predicted molar refractivity (Wildman–Crippen MR) is 120 cm³/mol. The van der Waals surface area contributed by atoms with E-state index in [-0.39, 0.29) is 17.5 Å².